The molecule has 2 aromatic heterocycles. The maximum absolute atomic E-state index is 5.92. The molecule has 2 heterocycles. The first-order valence-corrected chi connectivity index (χ1v) is 5.73. The Labute approximate surface area is 100 Å². The molecule has 0 saturated carbocycles. The molecule has 5 nitrogen and oxygen atoms in total. The summed E-state index contributed by atoms with van der Waals surface area (Å²) in [6.07, 6.45) is 3.57. The Balaban J connectivity index is 2.20. The van der Waals surface area contributed by atoms with E-state index >= 15 is 0 Å². The lowest BCUT2D eigenvalue weighted by Gasteiger charge is -2.02. The molecule has 2 N–H and O–H groups in total. The van der Waals surface area contributed by atoms with Crippen LogP contribution in [0.5, 0.6) is 0 Å². The zero-order valence-electron chi connectivity index (χ0n) is 10.1. The van der Waals surface area contributed by atoms with E-state index in [0.29, 0.717) is 11.7 Å². The minimum Gasteiger partial charge on any atom is -0.334 e. The van der Waals surface area contributed by atoms with Crippen molar-refractivity contribution < 1.29 is 4.52 Å². The summed E-state index contributed by atoms with van der Waals surface area (Å²) in [6.45, 7) is 4.00. The van der Waals surface area contributed by atoms with Gasteiger partial charge in [0.1, 0.15) is 0 Å². The van der Waals surface area contributed by atoms with Crippen LogP contribution in [0, 0.1) is 6.92 Å². The van der Waals surface area contributed by atoms with Crippen LogP contribution in [0.4, 0.5) is 0 Å². The summed E-state index contributed by atoms with van der Waals surface area (Å²) in [5.41, 5.74) is 7.69. The Morgan fingerprint density at radius 3 is 2.88 bits per heavy atom. The van der Waals surface area contributed by atoms with Crippen molar-refractivity contribution in [1.82, 2.24) is 15.1 Å². The van der Waals surface area contributed by atoms with Crippen LogP contribution in [0.2, 0.25) is 0 Å². The van der Waals surface area contributed by atoms with E-state index < -0.39 is 0 Å². The van der Waals surface area contributed by atoms with Gasteiger partial charge in [-0.05, 0) is 25.5 Å². The average molecular weight is 232 g/mol. The number of hydrogen-bond acceptors (Lipinski definition) is 5. The highest BCUT2D eigenvalue weighted by Crippen LogP contribution is 2.19. The second-order valence-electron chi connectivity index (χ2n) is 4.04. The molecule has 17 heavy (non-hydrogen) atoms. The van der Waals surface area contributed by atoms with Gasteiger partial charge in [0.15, 0.2) is 5.82 Å². The Hall–Kier alpha value is -1.75. The summed E-state index contributed by atoms with van der Waals surface area (Å²) >= 11 is 0. The number of nitrogens with two attached hydrogens (primary N) is 1. The van der Waals surface area contributed by atoms with Crippen molar-refractivity contribution in [1.29, 1.82) is 0 Å². The van der Waals surface area contributed by atoms with E-state index in [-0.39, 0.29) is 6.04 Å². The van der Waals surface area contributed by atoms with Crippen LogP contribution in [0.25, 0.3) is 11.5 Å². The molecule has 1 unspecified atom stereocenters. The molecule has 2 aromatic rings. The predicted octanol–water partition coefficient (Wildman–Crippen LogP) is 2.24. The van der Waals surface area contributed by atoms with Crippen molar-refractivity contribution in [2.24, 2.45) is 5.73 Å². The van der Waals surface area contributed by atoms with Crippen LogP contribution in [-0.2, 0) is 0 Å². The number of rotatable bonds is 4. The fraction of sp³-hybridized carbons (Fsp3) is 0.417. The van der Waals surface area contributed by atoms with E-state index in [1.165, 1.54) is 0 Å². The summed E-state index contributed by atoms with van der Waals surface area (Å²) in [4.78, 5) is 8.47. The van der Waals surface area contributed by atoms with Gasteiger partial charge < -0.3 is 10.3 Å². The van der Waals surface area contributed by atoms with Gasteiger partial charge in [0.25, 0.3) is 5.89 Å². The van der Waals surface area contributed by atoms with Crippen molar-refractivity contribution in [2.75, 3.05) is 0 Å². The van der Waals surface area contributed by atoms with Gasteiger partial charge >= 0.3 is 0 Å². The summed E-state index contributed by atoms with van der Waals surface area (Å²) in [7, 11) is 0. The molecule has 0 fully saturated rings. The van der Waals surface area contributed by atoms with Crippen LogP contribution in [0.15, 0.2) is 22.9 Å². The topological polar surface area (TPSA) is 77.8 Å². The lowest BCUT2D eigenvalue weighted by molar-refractivity contribution is 0.413. The number of hydrogen-bond donors (Lipinski definition) is 1. The SMILES string of the molecule is CCCC(N)c1noc(-c2ccc(C)nc2)n1. The van der Waals surface area contributed by atoms with Gasteiger partial charge in [0.2, 0.25) is 0 Å². The van der Waals surface area contributed by atoms with Crippen molar-refractivity contribution in [2.45, 2.75) is 32.7 Å². The van der Waals surface area contributed by atoms with Crippen LogP contribution in [0.3, 0.4) is 0 Å². The van der Waals surface area contributed by atoms with E-state index in [1.54, 1.807) is 6.20 Å². The van der Waals surface area contributed by atoms with Crippen LogP contribution in [-0.4, -0.2) is 15.1 Å². The monoisotopic (exact) mass is 232 g/mol. The van der Waals surface area contributed by atoms with Crippen molar-refractivity contribution >= 4 is 0 Å². The van der Waals surface area contributed by atoms with Gasteiger partial charge in [0, 0.05) is 11.9 Å². The highest BCUT2D eigenvalue weighted by molar-refractivity contribution is 5.50. The molecule has 5 heteroatoms. The molecule has 90 valence electrons. The highest BCUT2D eigenvalue weighted by Gasteiger charge is 2.14. The minimum atomic E-state index is -0.157. The molecule has 0 amide bonds. The van der Waals surface area contributed by atoms with E-state index in [0.717, 1.165) is 24.1 Å². The molecule has 2 rings (SSSR count). The molecular formula is C12H16N4O. The van der Waals surface area contributed by atoms with Gasteiger partial charge in [-0.3, -0.25) is 4.98 Å². The second kappa shape index (κ2) is 5.05. The quantitative estimate of drug-likeness (QED) is 0.874. The third kappa shape index (κ3) is 2.68. The summed E-state index contributed by atoms with van der Waals surface area (Å²) in [5, 5.41) is 3.89. The minimum absolute atomic E-state index is 0.157. The Bertz CT molecular complexity index is 478. The van der Waals surface area contributed by atoms with Crippen molar-refractivity contribution in [3.05, 3.63) is 29.8 Å². The number of pyridine rings is 1. The van der Waals surface area contributed by atoms with E-state index in [9.17, 15) is 0 Å². The smallest absolute Gasteiger partial charge is 0.259 e. The van der Waals surface area contributed by atoms with Gasteiger partial charge in [0.05, 0.1) is 11.6 Å². The largest absolute Gasteiger partial charge is 0.334 e. The lowest BCUT2D eigenvalue weighted by Crippen LogP contribution is -2.11. The normalized spacial score (nSPS) is 12.6. The standard InChI is InChI=1S/C12H16N4O/c1-3-4-10(13)11-15-12(17-16-11)9-6-5-8(2)14-7-9/h5-7,10H,3-4,13H2,1-2H3. The third-order valence-electron chi connectivity index (χ3n) is 2.53. The van der Waals surface area contributed by atoms with E-state index in [4.69, 9.17) is 10.3 Å². The Kier molecular flexibility index (Phi) is 3.49. The maximum atomic E-state index is 5.92. The zero-order valence-corrected chi connectivity index (χ0v) is 10.1. The predicted molar refractivity (Wildman–Crippen MR) is 64.1 cm³/mol. The molecule has 0 aliphatic rings. The zero-order chi connectivity index (χ0) is 12.3. The van der Waals surface area contributed by atoms with Crippen LogP contribution < -0.4 is 5.73 Å². The van der Waals surface area contributed by atoms with Gasteiger partial charge in [-0.15, -0.1) is 0 Å². The van der Waals surface area contributed by atoms with Gasteiger partial charge in [-0.1, -0.05) is 18.5 Å². The Morgan fingerprint density at radius 2 is 2.24 bits per heavy atom. The molecule has 0 aromatic carbocycles. The van der Waals surface area contributed by atoms with E-state index in [2.05, 4.69) is 22.0 Å². The van der Waals surface area contributed by atoms with E-state index in [1.807, 2.05) is 19.1 Å². The lowest BCUT2D eigenvalue weighted by atomic mass is 10.2. The molecule has 0 aliphatic heterocycles. The number of nitrogens with zero attached hydrogens (tertiary/aromatic N) is 3. The first-order valence-electron chi connectivity index (χ1n) is 5.73. The molecule has 0 saturated heterocycles. The molecule has 0 radical (unpaired) electrons. The molecule has 1 atom stereocenters. The molecule has 0 spiro atoms. The van der Waals surface area contributed by atoms with Crippen molar-refractivity contribution in [3.63, 3.8) is 0 Å². The fourth-order valence-corrected chi connectivity index (χ4v) is 1.54. The highest BCUT2D eigenvalue weighted by atomic mass is 16.5. The van der Waals surface area contributed by atoms with Crippen LogP contribution >= 0.6 is 0 Å². The maximum Gasteiger partial charge on any atom is 0.259 e. The first kappa shape index (κ1) is 11.7. The second-order valence-corrected chi connectivity index (χ2v) is 4.04. The number of aryl methyl sites for hydroxylation is 1. The summed E-state index contributed by atoms with van der Waals surface area (Å²) < 4.78 is 5.18. The molecule has 0 aliphatic carbocycles. The number of aromatic nitrogens is 3. The Morgan fingerprint density at radius 1 is 1.41 bits per heavy atom. The molecular weight excluding hydrogens is 216 g/mol. The third-order valence-corrected chi connectivity index (χ3v) is 2.53. The van der Waals surface area contributed by atoms with Crippen LogP contribution in [0.1, 0.15) is 37.3 Å². The fourth-order valence-electron chi connectivity index (χ4n) is 1.54. The molecule has 0 bridgehead atoms. The van der Waals surface area contributed by atoms with Gasteiger partial charge in [-0.25, -0.2) is 0 Å². The first-order chi connectivity index (χ1) is 8.20. The summed E-state index contributed by atoms with van der Waals surface area (Å²) in [5.74, 6) is 1.03. The van der Waals surface area contributed by atoms with Crippen molar-refractivity contribution in [3.8, 4) is 11.5 Å². The van der Waals surface area contributed by atoms with Gasteiger partial charge in [-0.2, -0.15) is 4.98 Å². The summed E-state index contributed by atoms with van der Waals surface area (Å²) in [6, 6.07) is 3.66. The average Bonchev–Trinajstić information content (AvgIpc) is 2.80.